The van der Waals surface area contributed by atoms with Gasteiger partial charge in [0.25, 0.3) is 0 Å². The molecular formula is C21H24N2O4S. The van der Waals surface area contributed by atoms with E-state index in [9.17, 15) is 14.7 Å². The Bertz CT molecular complexity index is 892. The molecule has 4 atom stereocenters. The van der Waals surface area contributed by atoms with Gasteiger partial charge in [-0.1, -0.05) is 37.6 Å². The SMILES string of the molecule is CCCc1ccc(-c2nc(NC(=O)[C@@H]3[C@@H](C(=O)O)[C@H]4CC[C@H]3O4)sc2C)cc1. The molecule has 148 valence electrons. The molecule has 0 saturated carbocycles. The van der Waals surface area contributed by atoms with Gasteiger partial charge in [0, 0.05) is 10.4 Å². The van der Waals surface area contributed by atoms with E-state index in [-0.39, 0.29) is 18.1 Å². The number of ether oxygens (including phenoxy) is 1. The minimum Gasteiger partial charge on any atom is -0.481 e. The fraction of sp³-hybridized carbons (Fsp3) is 0.476. The second-order valence-corrected chi connectivity index (χ2v) is 8.74. The van der Waals surface area contributed by atoms with E-state index in [1.807, 2.05) is 6.92 Å². The Morgan fingerprint density at radius 2 is 1.89 bits per heavy atom. The normalized spacial score (nSPS) is 25.8. The molecule has 4 rings (SSSR count). The van der Waals surface area contributed by atoms with E-state index >= 15 is 0 Å². The Hall–Kier alpha value is -2.25. The molecule has 0 spiro atoms. The number of carboxylic acids is 1. The summed E-state index contributed by atoms with van der Waals surface area (Å²) in [7, 11) is 0. The first-order valence-electron chi connectivity index (χ1n) is 9.73. The van der Waals surface area contributed by atoms with Crippen LogP contribution in [-0.4, -0.2) is 34.2 Å². The van der Waals surface area contributed by atoms with E-state index in [0.717, 1.165) is 35.4 Å². The highest BCUT2D eigenvalue weighted by atomic mass is 32.1. The van der Waals surface area contributed by atoms with Crippen LogP contribution in [0.2, 0.25) is 0 Å². The average molecular weight is 401 g/mol. The highest BCUT2D eigenvalue weighted by Gasteiger charge is 2.55. The van der Waals surface area contributed by atoms with Crippen molar-refractivity contribution in [2.24, 2.45) is 11.8 Å². The first-order chi connectivity index (χ1) is 13.5. The molecule has 3 heterocycles. The zero-order valence-electron chi connectivity index (χ0n) is 16.0. The fourth-order valence-corrected chi connectivity index (χ4v) is 5.19. The van der Waals surface area contributed by atoms with Gasteiger partial charge in [-0.15, -0.1) is 11.3 Å². The number of amides is 1. The number of carbonyl (C=O) groups excluding carboxylic acids is 1. The smallest absolute Gasteiger partial charge is 0.310 e. The lowest BCUT2D eigenvalue weighted by atomic mass is 9.79. The molecule has 6 nitrogen and oxygen atoms in total. The second kappa shape index (κ2) is 7.64. The number of benzene rings is 1. The Morgan fingerprint density at radius 1 is 1.21 bits per heavy atom. The van der Waals surface area contributed by atoms with Gasteiger partial charge in [0.05, 0.1) is 29.7 Å². The minimum atomic E-state index is -0.962. The zero-order valence-corrected chi connectivity index (χ0v) is 16.8. The van der Waals surface area contributed by atoms with Crippen molar-refractivity contribution < 1.29 is 19.4 Å². The van der Waals surface area contributed by atoms with Crippen LogP contribution in [0.3, 0.4) is 0 Å². The van der Waals surface area contributed by atoms with Gasteiger partial charge in [-0.2, -0.15) is 0 Å². The monoisotopic (exact) mass is 400 g/mol. The molecular weight excluding hydrogens is 376 g/mol. The minimum absolute atomic E-state index is 0.307. The number of thiazole rings is 1. The molecule has 2 bridgehead atoms. The molecule has 2 aromatic rings. The van der Waals surface area contributed by atoms with Crippen molar-refractivity contribution in [2.75, 3.05) is 5.32 Å². The van der Waals surface area contributed by atoms with Crippen LogP contribution in [0.5, 0.6) is 0 Å². The van der Waals surface area contributed by atoms with Gasteiger partial charge in [-0.05, 0) is 31.7 Å². The van der Waals surface area contributed by atoms with Gasteiger partial charge in [-0.3, -0.25) is 9.59 Å². The summed E-state index contributed by atoms with van der Waals surface area (Å²) in [6.07, 6.45) is 2.94. The third-order valence-corrected chi connectivity index (χ3v) is 6.54. The number of rotatable bonds is 6. The Morgan fingerprint density at radius 3 is 2.54 bits per heavy atom. The number of carbonyl (C=O) groups is 2. The number of hydrogen-bond acceptors (Lipinski definition) is 5. The lowest BCUT2D eigenvalue weighted by molar-refractivity contribution is -0.147. The van der Waals surface area contributed by atoms with Crippen molar-refractivity contribution in [3.8, 4) is 11.3 Å². The topological polar surface area (TPSA) is 88.5 Å². The molecule has 0 radical (unpaired) electrons. The molecule has 2 aliphatic heterocycles. The Kier molecular flexibility index (Phi) is 5.21. The van der Waals surface area contributed by atoms with Crippen molar-refractivity contribution in [2.45, 2.75) is 51.7 Å². The number of hydrogen-bond donors (Lipinski definition) is 2. The summed E-state index contributed by atoms with van der Waals surface area (Å²) in [4.78, 5) is 30.0. The van der Waals surface area contributed by atoms with Crippen LogP contribution in [0.4, 0.5) is 5.13 Å². The summed E-state index contributed by atoms with van der Waals surface area (Å²) in [5.74, 6) is -2.70. The summed E-state index contributed by atoms with van der Waals surface area (Å²) in [5.41, 5.74) is 3.16. The van der Waals surface area contributed by atoms with Crippen molar-refractivity contribution in [3.63, 3.8) is 0 Å². The number of aromatic nitrogens is 1. The summed E-state index contributed by atoms with van der Waals surface area (Å²) in [6.45, 7) is 4.13. The molecule has 0 aliphatic carbocycles. The number of anilines is 1. The summed E-state index contributed by atoms with van der Waals surface area (Å²) >= 11 is 1.41. The maximum absolute atomic E-state index is 12.8. The van der Waals surface area contributed by atoms with Crippen molar-refractivity contribution in [1.29, 1.82) is 0 Å². The number of nitrogens with one attached hydrogen (secondary N) is 1. The average Bonchev–Trinajstić information content (AvgIpc) is 3.37. The van der Waals surface area contributed by atoms with E-state index < -0.39 is 17.8 Å². The van der Waals surface area contributed by atoms with Crippen molar-refractivity contribution >= 4 is 28.3 Å². The molecule has 7 heteroatoms. The molecule has 1 aromatic carbocycles. The summed E-state index contributed by atoms with van der Waals surface area (Å²) in [6, 6.07) is 8.34. The number of fused-ring (bicyclic) bond motifs is 2. The van der Waals surface area contributed by atoms with Crippen molar-refractivity contribution in [3.05, 3.63) is 34.7 Å². The predicted octanol–water partition coefficient (Wildman–Crippen LogP) is 3.89. The number of aliphatic carboxylic acids is 1. The van der Waals surface area contributed by atoms with Crippen molar-refractivity contribution in [1.82, 2.24) is 4.98 Å². The van der Waals surface area contributed by atoms with Crippen LogP contribution < -0.4 is 5.32 Å². The maximum Gasteiger partial charge on any atom is 0.310 e. The fourth-order valence-electron chi connectivity index (χ4n) is 4.35. The zero-order chi connectivity index (χ0) is 19.8. The molecule has 2 N–H and O–H groups in total. The van der Waals surface area contributed by atoms with Crippen LogP contribution in [-0.2, 0) is 20.7 Å². The third-order valence-electron chi connectivity index (χ3n) is 5.65. The standard InChI is InChI=1S/C21H24N2O4S/c1-3-4-12-5-7-13(8-6-12)18-11(2)28-21(22-18)23-19(24)16-14-9-10-15(27-14)17(16)20(25)26/h5-8,14-17H,3-4,9-10H2,1-2H3,(H,25,26)(H,22,23,24)/t14-,15-,16+,17+/m1/s1. The number of aryl methyl sites for hydroxylation is 2. The number of nitrogens with zero attached hydrogens (tertiary/aromatic N) is 1. The first-order valence-corrected chi connectivity index (χ1v) is 10.6. The highest BCUT2D eigenvalue weighted by molar-refractivity contribution is 7.16. The van der Waals surface area contributed by atoms with Crippen LogP contribution in [0, 0.1) is 18.8 Å². The van der Waals surface area contributed by atoms with E-state index in [1.165, 1.54) is 16.9 Å². The summed E-state index contributed by atoms with van der Waals surface area (Å²) in [5, 5.41) is 12.8. The van der Waals surface area contributed by atoms with E-state index in [1.54, 1.807) is 0 Å². The van der Waals surface area contributed by atoms with E-state index in [0.29, 0.717) is 11.6 Å². The largest absolute Gasteiger partial charge is 0.481 e. The lowest BCUT2D eigenvalue weighted by Gasteiger charge is -2.23. The van der Waals surface area contributed by atoms with Gasteiger partial charge in [-0.25, -0.2) is 4.98 Å². The van der Waals surface area contributed by atoms with Gasteiger partial charge >= 0.3 is 5.97 Å². The molecule has 0 unspecified atom stereocenters. The Balaban J connectivity index is 1.51. The third kappa shape index (κ3) is 3.44. The quantitative estimate of drug-likeness (QED) is 0.768. The van der Waals surface area contributed by atoms with Crippen LogP contribution in [0.25, 0.3) is 11.3 Å². The van der Waals surface area contributed by atoms with E-state index in [4.69, 9.17) is 4.74 Å². The maximum atomic E-state index is 12.8. The molecule has 1 aromatic heterocycles. The summed E-state index contributed by atoms with van der Waals surface area (Å²) < 4.78 is 5.69. The van der Waals surface area contributed by atoms with Gasteiger partial charge < -0.3 is 15.2 Å². The Labute approximate surface area is 167 Å². The van der Waals surface area contributed by atoms with Crippen LogP contribution in [0.1, 0.15) is 36.6 Å². The van der Waals surface area contributed by atoms with Crippen LogP contribution in [0.15, 0.2) is 24.3 Å². The van der Waals surface area contributed by atoms with Gasteiger partial charge in [0.1, 0.15) is 0 Å². The molecule has 2 fully saturated rings. The molecule has 2 aliphatic rings. The van der Waals surface area contributed by atoms with Crippen LogP contribution >= 0.6 is 11.3 Å². The lowest BCUT2D eigenvalue weighted by Crippen LogP contribution is -2.40. The second-order valence-electron chi connectivity index (χ2n) is 7.54. The van der Waals surface area contributed by atoms with Gasteiger partial charge in [0.15, 0.2) is 5.13 Å². The first kappa shape index (κ1) is 19.1. The molecule has 1 amide bonds. The predicted molar refractivity (Wildman–Crippen MR) is 107 cm³/mol. The number of carboxylic acid groups (broad SMARTS) is 1. The van der Waals surface area contributed by atoms with E-state index in [2.05, 4.69) is 41.5 Å². The van der Waals surface area contributed by atoms with Gasteiger partial charge in [0.2, 0.25) is 5.91 Å². The molecule has 2 saturated heterocycles. The molecule has 28 heavy (non-hydrogen) atoms. The highest BCUT2D eigenvalue weighted by Crippen LogP contribution is 2.44.